The van der Waals surface area contributed by atoms with Gasteiger partial charge in [0.25, 0.3) is 0 Å². The van der Waals surface area contributed by atoms with Gasteiger partial charge in [-0.1, -0.05) is 0 Å². The van der Waals surface area contributed by atoms with Crippen molar-refractivity contribution in [2.75, 3.05) is 14.2 Å². The molecule has 0 aliphatic carbocycles. The minimum absolute atomic E-state index is 0.0836. The first kappa shape index (κ1) is 12.6. The Morgan fingerprint density at radius 3 is 3.00 bits per heavy atom. The van der Waals surface area contributed by atoms with Gasteiger partial charge in [0.1, 0.15) is 12.2 Å². The Labute approximate surface area is 95.0 Å². The lowest BCUT2D eigenvalue weighted by Crippen LogP contribution is -2.27. The van der Waals surface area contributed by atoms with Crippen molar-refractivity contribution in [2.24, 2.45) is 0 Å². The maximum atomic E-state index is 11.7. The number of hydrogen-bond donors (Lipinski definition) is 1. The van der Waals surface area contributed by atoms with E-state index in [9.17, 15) is 4.79 Å². The summed E-state index contributed by atoms with van der Waals surface area (Å²) in [5, 5.41) is 6.45. The van der Waals surface area contributed by atoms with Crippen molar-refractivity contribution >= 4 is 5.91 Å². The number of aromatic amines is 1. The number of methoxy groups -OCH3 is 1. The molecule has 0 aromatic carbocycles. The van der Waals surface area contributed by atoms with E-state index in [4.69, 9.17) is 4.74 Å². The van der Waals surface area contributed by atoms with Crippen molar-refractivity contribution in [2.45, 2.75) is 32.4 Å². The molecule has 1 rings (SSSR count). The van der Waals surface area contributed by atoms with E-state index in [1.54, 1.807) is 19.1 Å². The minimum atomic E-state index is 0.0836. The van der Waals surface area contributed by atoms with Gasteiger partial charge < -0.3 is 9.64 Å². The van der Waals surface area contributed by atoms with Gasteiger partial charge in [0.15, 0.2) is 0 Å². The topological polar surface area (TPSA) is 71.1 Å². The monoisotopic (exact) mass is 226 g/mol. The van der Waals surface area contributed by atoms with Crippen LogP contribution < -0.4 is 0 Å². The molecule has 1 aromatic heterocycles. The van der Waals surface area contributed by atoms with Crippen molar-refractivity contribution in [1.29, 1.82) is 0 Å². The van der Waals surface area contributed by atoms with Gasteiger partial charge in [0, 0.05) is 20.6 Å². The zero-order valence-corrected chi connectivity index (χ0v) is 9.93. The lowest BCUT2D eigenvalue weighted by Gasteiger charge is -2.16. The fourth-order valence-corrected chi connectivity index (χ4v) is 1.26. The molecule has 6 heteroatoms. The van der Waals surface area contributed by atoms with Crippen molar-refractivity contribution in [3.05, 3.63) is 12.2 Å². The van der Waals surface area contributed by atoms with Gasteiger partial charge in [-0.2, -0.15) is 5.10 Å². The number of nitrogens with zero attached hydrogens (tertiary/aromatic N) is 3. The Hall–Kier alpha value is -1.43. The van der Waals surface area contributed by atoms with Crippen LogP contribution >= 0.6 is 0 Å². The third-order valence-corrected chi connectivity index (χ3v) is 2.44. The van der Waals surface area contributed by atoms with Gasteiger partial charge in [0.05, 0.1) is 12.6 Å². The van der Waals surface area contributed by atoms with E-state index in [2.05, 4.69) is 15.2 Å². The summed E-state index contributed by atoms with van der Waals surface area (Å²) in [5.74, 6) is 0.774. The first-order valence-corrected chi connectivity index (χ1v) is 5.24. The van der Waals surface area contributed by atoms with Crippen LogP contribution in [-0.4, -0.2) is 46.2 Å². The van der Waals surface area contributed by atoms with Gasteiger partial charge >= 0.3 is 0 Å². The lowest BCUT2D eigenvalue weighted by atomic mass is 10.2. The summed E-state index contributed by atoms with van der Waals surface area (Å²) in [7, 11) is 3.40. The summed E-state index contributed by atoms with van der Waals surface area (Å²) in [6.45, 7) is 2.41. The third kappa shape index (κ3) is 3.98. The number of ether oxygens (including phenoxy) is 1. The van der Waals surface area contributed by atoms with Gasteiger partial charge in [-0.3, -0.25) is 9.89 Å². The van der Waals surface area contributed by atoms with E-state index in [-0.39, 0.29) is 12.0 Å². The maximum absolute atomic E-state index is 11.7. The SMILES string of the molecule is COC(C)CCC(=O)N(C)Cc1ncn[nH]1. The molecular weight excluding hydrogens is 208 g/mol. The molecule has 0 saturated carbocycles. The van der Waals surface area contributed by atoms with Crippen LogP contribution in [0.3, 0.4) is 0 Å². The normalized spacial score (nSPS) is 12.4. The summed E-state index contributed by atoms with van der Waals surface area (Å²) in [6.07, 6.45) is 2.76. The minimum Gasteiger partial charge on any atom is -0.382 e. The quantitative estimate of drug-likeness (QED) is 0.770. The van der Waals surface area contributed by atoms with E-state index in [1.165, 1.54) is 6.33 Å². The number of nitrogens with one attached hydrogen (secondary N) is 1. The molecule has 0 fully saturated rings. The molecule has 0 aliphatic rings. The molecule has 90 valence electrons. The van der Waals surface area contributed by atoms with Crippen LogP contribution in [0.5, 0.6) is 0 Å². The van der Waals surface area contributed by atoms with Crippen LogP contribution in [0.1, 0.15) is 25.6 Å². The Morgan fingerprint density at radius 2 is 2.44 bits per heavy atom. The van der Waals surface area contributed by atoms with E-state index >= 15 is 0 Å². The van der Waals surface area contributed by atoms with Crippen LogP contribution in [-0.2, 0) is 16.1 Å². The van der Waals surface area contributed by atoms with Crippen molar-refractivity contribution in [1.82, 2.24) is 20.1 Å². The molecule has 0 radical (unpaired) electrons. The van der Waals surface area contributed by atoms with E-state index < -0.39 is 0 Å². The number of rotatable bonds is 6. The zero-order chi connectivity index (χ0) is 12.0. The number of carbonyl (C=O) groups excluding carboxylic acids is 1. The van der Waals surface area contributed by atoms with Crippen molar-refractivity contribution in [3.8, 4) is 0 Å². The highest BCUT2D eigenvalue weighted by Gasteiger charge is 2.12. The summed E-state index contributed by atoms with van der Waals surface area (Å²) >= 11 is 0. The Kier molecular flexibility index (Phi) is 4.91. The maximum Gasteiger partial charge on any atom is 0.222 e. The van der Waals surface area contributed by atoms with E-state index in [0.717, 1.165) is 6.42 Å². The van der Waals surface area contributed by atoms with Crippen molar-refractivity contribution in [3.63, 3.8) is 0 Å². The predicted molar refractivity (Wildman–Crippen MR) is 58.6 cm³/mol. The molecule has 1 amide bonds. The van der Waals surface area contributed by atoms with Crippen LogP contribution in [0.2, 0.25) is 0 Å². The van der Waals surface area contributed by atoms with Gasteiger partial charge in [-0.25, -0.2) is 4.98 Å². The van der Waals surface area contributed by atoms with E-state index in [0.29, 0.717) is 18.8 Å². The van der Waals surface area contributed by atoms with Crippen LogP contribution in [0.4, 0.5) is 0 Å². The number of aromatic nitrogens is 3. The number of amides is 1. The second kappa shape index (κ2) is 6.22. The van der Waals surface area contributed by atoms with Crippen molar-refractivity contribution < 1.29 is 9.53 Å². The molecule has 0 aliphatic heterocycles. The number of hydrogen-bond acceptors (Lipinski definition) is 4. The van der Waals surface area contributed by atoms with Crippen LogP contribution in [0, 0.1) is 0 Å². The fraction of sp³-hybridized carbons (Fsp3) is 0.700. The number of carbonyl (C=O) groups is 1. The smallest absolute Gasteiger partial charge is 0.222 e. The highest BCUT2D eigenvalue weighted by Crippen LogP contribution is 2.04. The molecule has 0 saturated heterocycles. The Balaban J connectivity index is 2.31. The third-order valence-electron chi connectivity index (χ3n) is 2.44. The van der Waals surface area contributed by atoms with Crippen LogP contribution in [0.15, 0.2) is 6.33 Å². The average Bonchev–Trinajstić information content (AvgIpc) is 2.77. The molecule has 1 N–H and O–H groups in total. The summed E-state index contributed by atoms with van der Waals surface area (Å²) in [4.78, 5) is 17.3. The highest BCUT2D eigenvalue weighted by atomic mass is 16.5. The second-order valence-corrected chi connectivity index (χ2v) is 3.77. The molecule has 1 heterocycles. The lowest BCUT2D eigenvalue weighted by molar-refractivity contribution is -0.131. The van der Waals surface area contributed by atoms with Gasteiger partial charge in [-0.05, 0) is 13.3 Å². The molecule has 1 unspecified atom stereocenters. The summed E-state index contributed by atoms with van der Waals surface area (Å²) in [6, 6.07) is 0. The fourth-order valence-electron chi connectivity index (χ4n) is 1.26. The van der Waals surface area contributed by atoms with Gasteiger partial charge in [0.2, 0.25) is 5.91 Å². The first-order chi connectivity index (χ1) is 7.63. The summed E-state index contributed by atoms with van der Waals surface area (Å²) < 4.78 is 5.09. The zero-order valence-electron chi connectivity index (χ0n) is 9.93. The Bertz CT molecular complexity index is 313. The molecular formula is C10H18N4O2. The molecule has 1 atom stereocenters. The molecule has 16 heavy (non-hydrogen) atoms. The average molecular weight is 226 g/mol. The second-order valence-electron chi connectivity index (χ2n) is 3.77. The van der Waals surface area contributed by atoms with Gasteiger partial charge in [-0.15, -0.1) is 0 Å². The number of H-pyrrole nitrogens is 1. The predicted octanol–water partition coefficient (Wildman–Crippen LogP) is 0.578. The van der Waals surface area contributed by atoms with E-state index in [1.807, 2.05) is 6.92 Å². The standard InChI is InChI=1S/C10H18N4O2/c1-8(16-3)4-5-10(15)14(2)6-9-11-7-12-13-9/h7-8H,4-6H2,1-3H3,(H,11,12,13). The highest BCUT2D eigenvalue weighted by molar-refractivity contribution is 5.75. The molecule has 6 nitrogen and oxygen atoms in total. The molecule has 0 spiro atoms. The summed E-state index contributed by atoms with van der Waals surface area (Å²) in [5.41, 5.74) is 0. The first-order valence-electron chi connectivity index (χ1n) is 5.24. The molecule has 0 bridgehead atoms. The van der Waals surface area contributed by atoms with Crippen LogP contribution in [0.25, 0.3) is 0 Å². The Morgan fingerprint density at radius 1 is 1.69 bits per heavy atom. The largest absolute Gasteiger partial charge is 0.382 e. The molecule has 1 aromatic rings.